The lowest BCUT2D eigenvalue weighted by atomic mass is 10.1. The van der Waals surface area contributed by atoms with Crippen LogP contribution in [0, 0.1) is 13.8 Å². The van der Waals surface area contributed by atoms with Crippen molar-refractivity contribution in [1.29, 1.82) is 0 Å². The lowest BCUT2D eigenvalue weighted by Crippen LogP contribution is -2.52. The Hall–Kier alpha value is -1.71. The summed E-state index contributed by atoms with van der Waals surface area (Å²) < 4.78 is 0. The van der Waals surface area contributed by atoms with Crippen molar-refractivity contribution in [3.8, 4) is 0 Å². The van der Waals surface area contributed by atoms with E-state index in [0.717, 1.165) is 26.2 Å². The Balaban J connectivity index is 2.02. The maximum absolute atomic E-state index is 11.8. The van der Waals surface area contributed by atoms with Crippen molar-refractivity contribution in [3.05, 3.63) is 29.3 Å². The van der Waals surface area contributed by atoms with E-state index in [1.165, 1.54) is 16.8 Å². The molecule has 2 amide bonds. The molecular weight excluding hydrogens is 238 g/mol. The fourth-order valence-corrected chi connectivity index (χ4v) is 2.70. The van der Waals surface area contributed by atoms with Gasteiger partial charge >= 0.3 is 6.03 Å². The van der Waals surface area contributed by atoms with Crippen LogP contribution in [0.2, 0.25) is 0 Å². The molecule has 0 aliphatic carbocycles. The van der Waals surface area contributed by atoms with E-state index in [1.807, 2.05) is 11.8 Å². The molecule has 1 aromatic carbocycles. The SMILES string of the molecule is CCNC(=O)N1CCN(c2c(C)cccc2C)CC1. The third kappa shape index (κ3) is 3.00. The van der Waals surface area contributed by atoms with E-state index in [2.05, 4.69) is 42.3 Å². The number of aryl methyl sites for hydroxylation is 2. The van der Waals surface area contributed by atoms with E-state index in [-0.39, 0.29) is 6.03 Å². The summed E-state index contributed by atoms with van der Waals surface area (Å²) in [6, 6.07) is 6.46. The summed E-state index contributed by atoms with van der Waals surface area (Å²) in [5.41, 5.74) is 3.95. The predicted molar refractivity (Wildman–Crippen MR) is 78.8 cm³/mol. The molecule has 1 aromatic rings. The van der Waals surface area contributed by atoms with E-state index < -0.39 is 0 Å². The van der Waals surface area contributed by atoms with Crippen molar-refractivity contribution in [2.24, 2.45) is 0 Å². The van der Waals surface area contributed by atoms with Gasteiger partial charge in [-0.25, -0.2) is 4.79 Å². The third-order valence-corrected chi connectivity index (χ3v) is 3.65. The molecule has 0 aromatic heterocycles. The van der Waals surface area contributed by atoms with Crippen LogP contribution in [0.25, 0.3) is 0 Å². The molecule has 1 fully saturated rings. The molecular formula is C15H23N3O. The summed E-state index contributed by atoms with van der Waals surface area (Å²) in [5, 5.41) is 2.86. The standard InChI is InChI=1S/C15H23N3O/c1-4-16-15(19)18-10-8-17(9-11-18)14-12(2)6-5-7-13(14)3/h5-7H,4,8-11H2,1-3H3,(H,16,19). The van der Waals surface area contributed by atoms with Crippen molar-refractivity contribution < 1.29 is 4.79 Å². The molecule has 1 saturated heterocycles. The molecule has 0 saturated carbocycles. The quantitative estimate of drug-likeness (QED) is 0.885. The van der Waals surface area contributed by atoms with E-state index in [4.69, 9.17) is 0 Å². The first-order chi connectivity index (χ1) is 9.13. The first-order valence-corrected chi connectivity index (χ1v) is 6.97. The highest BCUT2D eigenvalue weighted by Crippen LogP contribution is 2.25. The van der Waals surface area contributed by atoms with E-state index in [9.17, 15) is 4.79 Å². The molecule has 0 radical (unpaired) electrons. The van der Waals surface area contributed by atoms with Crippen LogP contribution in [-0.2, 0) is 0 Å². The van der Waals surface area contributed by atoms with Gasteiger partial charge in [-0.05, 0) is 31.9 Å². The Bertz CT molecular complexity index is 430. The Morgan fingerprint density at radius 3 is 2.26 bits per heavy atom. The molecule has 1 aliphatic rings. The zero-order valence-corrected chi connectivity index (χ0v) is 12.1. The van der Waals surface area contributed by atoms with Gasteiger partial charge in [0, 0.05) is 38.4 Å². The number of piperazine rings is 1. The molecule has 1 aliphatic heterocycles. The van der Waals surface area contributed by atoms with Crippen LogP contribution in [0.3, 0.4) is 0 Å². The maximum atomic E-state index is 11.8. The highest BCUT2D eigenvalue weighted by atomic mass is 16.2. The fourth-order valence-electron chi connectivity index (χ4n) is 2.70. The number of carbonyl (C=O) groups excluding carboxylic acids is 1. The second-order valence-corrected chi connectivity index (χ2v) is 5.05. The zero-order valence-electron chi connectivity index (χ0n) is 12.1. The molecule has 104 valence electrons. The minimum atomic E-state index is 0.0589. The van der Waals surface area contributed by atoms with Gasteiger partial charge in [0.2, 0.25) is 0 Å². The number of benzene rings is 1. The largest absolute Gasteiger partial charge is 0.368 e. The average Bonchev–Trinajstić information content (AvgIpc) is 2.39. The zero-order chi connectivity index (χ0) is 13.8. The van der Waals surface area contributed by atoms with Crippen LogP contribution in [0.4, 0.5) is 10.5 Å². The van der Waals surface area contributed by atoms with Gasteiger partial charge in [-0.3, -0.25) is 0 Å². The van der Waals surface area contributed by atoms with Crippen LogP contribution in [0.15, 0.2) is 18.2 Å². The van der Waals surface area contributed by atoms with Crippen LogP contribution in [0.5, 0.6) is 0 Å². The van der Waals surface area contributed by atoms with Crippen LogP contribution in [0.1, 0.15) is 18.1 Å². The van der Waals surface area contributed by atoms with Crippen LogP contribution < -0.4 is 10.2 Å². The molecule has 4 nitrogen and oxygen atoms in total. The Kier molecular flexibility index (Phi) is 4.30. The van der Waals surface area contributed by atoms with Gasteiger partial charge in [0.25, 0.3) is 0 Å². The Morgan fingerprint density at radius 1 is 1.16 bits per heavy atom. The molecule has 0 atom stereocenters. The van der Waals surface area contributed by atoms with Gasteiger partial charge in [-0.15, -0.1) is 0 Å². The molecule has 4 heteroatoms. The molecule has 1 N–H and O–H groups in total. The number of nitrogens with one attached hydrogen (secondary N) is 1. The monoisotopic (exact) mass is 261 g/mol. The summed E-state index contributed by atoms with van der Waals surface area (Å²) in [5.74, 6) is 0. The molecule has 0 unspecified atom stereocenters. The number of anilines is 1. The van der Waals surface area contributed by atoms with Gasteiger partial charge in [0.05, 0.1) is 0 Å². The summed E-state index contributed by atoms with van der Waals surface area (Å²) in [7, 11) is 0. The lowest BCUT2D eigenvalue weighted by Gasteiger charge is -2.37. The van der Waals surface area contributed by atoms with E-state index in [0.29, 0.717) is 6.54 Å². The highest BCUT2D eigenvalue weighted by molar-refractivity contribution is 5.74. The molecule has 1 heterocycles. The van der Waals surface area contributed by atoms with Gasteiger partial charge in [-0.2, -0.15) is 0 Å². The van der Waals surface area contributed by atoms with Gasteiger partial charge in [0.1, 0.15) is 0 Å². The topological polar surface area (TPSA) is 35.6 Å². The van der Waals surface area contributed by atoms with Crippen LogP contribution in [-0.4, -0.2) is 43.7 Å². The number of urea groups is 1. The number of nitrogens with zero attached hydrogens (tertiary/aromatic N) is 2. The summed E-state index contributed by atoms with van der Waals surface area (Å²) in [6.07, 6.45) is 0. The molecule has 0 bridgehead atoms. The first kappa shape index (κ1) is 13.7. The van der Waals surface area contributed by atoms with Crippen molar-refractivity contribution in [2.75, 3.05) is 37.6 Å². The number of amides is 2. The summed E-state index contributed by atoms with van der Waals surface area (Å²) in [6.45, 7) is 10.3. The van der Waals surface area contributed by atoms with Crippen molar-refractivity contribution >= 4 is 11.7 Å². The van der Waals surface area contributed by atoms with E-state index in [1.54, 1.807) is 0 Å². The fraction of sp³-hybridized carbons (Fsp3) is 0.533. The number of rotatable bonds is 2. The minimum Gasteiger partial charge on any atom is -0.368 e. The maximum Gasteiger partial charge on any atom is 0.317 e. The number of para-hydroxylation sites is 1. The Labute approximate surface area is 115 Å². The van der Waals surface area contributed by atoms with Crippen LogP contribution >= 0.6 is 0 Å². The van der Waals surface area contributed by atoms with Crippen molar-refractivity contribution in [3.63, 3.8) is 0 Å². The average molecular weight is 261 g/mol. The van der Waals surface area contributed by atoms with Gasteiger partial charge < -0.3 is 15.1 Å². The van der Waals surface area contributed by atoms with Gasteiger partial charge in [0.15, 0.2) is 0 Å². The second kappa shape index (κ2) is 5.95. The highest BCUT2D eigenvalue weighted by Gasteiger charge is 2.22. The number of hydrogen-bond donors (Lipinski definition) is 1. The van der Waals surface area contributed by atoms with Gasteiger partial charge in [-0.1, -0.05) is 18.2 Å². The summed E-state index contributed by atoms with van der Waals surface area (Å²) >= 11 is 0. The van der Waals surface area contributed by atoms with Crippen molar-refractivity contribution in [1.82, 2.24) is 10.2 Å². The molecule has 19 heavy (non-hydrogen) atoms. The number of carbonyl (C=O) groups is 1. The molecule has 0 spiro atoms. The second-order valence-electron chi connectivity index (χ2n) is 5.05. The molecule has 2 rings (SSSR count). The number of hydrogen-bond acceptors (Lipinski definition) is 2. The minimum absolute atomic E-state index is 0.0589. The predicted octanol–water partition coefficient (Wildman–Crippen LogP) is 2.15. The summed E-state index contributed by atoms with van der Waals surface area (Å²) in [4.78, 5) is 16.1. The lowest BCUT2D eigenvalue weighted by molar-refractivity contribution is 0.195. The normalized spacial score (nSPS) is 15.5. The van der Waals surface area contributed by atoms with E-state index >= 15 is 0 Å². The third-order valence-electron chi connectivity index (χ3n) is 3.65. The Morgan fingerprint density at radius 2 is 1.74 bits per heavy atom. The van der Waals surface area contributed by atoms with Crippen molar-refractivity contribution in [2.45, 2.75) is 20.8 Å². The first-order valence-electron chi connectivity index (χ1n) is 6.97. The smallest absolute Gasteiger partial charge is 0.317 e.